The van der Waals surface area contributed by atoms with Crippen LogP contribution in [0.15, 0.2) is 40.8 Å². The molecule has 0 spiro atoms. The number of anilines is 1. The molecule has 5 heteroatoms. The van der Waals surface area contributed by atoms with E-state index in [9.17, 15) is 8.78 Å². The number of hydrogen-bond donors (Lipinski definition) is 1. The van der Waals surface area contributed by atoms with Crippen molar-refractivity contribution in [2.75, 3.05) is 5.73 Å². The lowest BCUT2D eigenvalue weighted by Gasteiger charge is -1.97. The first-order chi connectivity index (χ1) is 8.65. The van der Waals surface area contributed by atoms with Gasteiger partial charge in [0.1, 0.15) is 17.2 Å². The maximum absolute atomic E-state index is 13.6. The largest absolute Gasteiger partial charge is 0.436 e. The minimum atomic E-state index is -0.596. The van der Waals surface area contributed by atoms with Gasteiger partial charge in [0.2, 0.25) is 5.89 Å². The Morgan fingerprint density at radius 1 is 1.11 bits per heavy atom. The summed E-state index contributed by atoms with van der Waals surface area (Å²) in [5.74, 6) is -1.14. The minimum absolute atomic E-state index is 0.0138. The molecule has 0 aliphatic carbocycles. The average molecular weight is 246 g/mol. The van der Waals surface area contributed by atoms with Gasteiger partial charge in [-0.2, -0.15) is 0 Å². The highest BCUT2D eigenvalue weighted by molar-refractivity contribution is 5.87. The third kappa shape index (κ3) is 1.60. The smallest absolute Gasteiger partial charge is 0.230 e. The van der Waals surface area contributed by atoms with Gasteiger partial charge in [-0.25, -0.2) is 13.8 Å². The molecule has 3 rings (SSSR count). The number of fused-ring (bicyclic) bond motifs is 1. The van der Waals surface area contributed by atoms with Crippen LogP contribution in [0.3, 0.4) is 0 Å². The van der Waals surface area contributed by atoms with Crippen molar-refractivity contribution in [1.82, 2.24) is 4.98 Å². The fraction of sp³-hybridized carbons (Fsp3) is 0. The molecule has 0 unspecified atom stereocenters. The van der Waals surface area contributed by atoms with Gasteiger partial charge in [0, 0.05) is 0 Å². The zero-order valence-corrected chi connectivity index (χ0v) is 9.15. The lowest BCUT2D eigenvalue weighted by atomic mass is 10.2. The highest BCUT2D eigenvalue weighted by Crippen LogP contribution is 2.29. The zero-order valence-electron chi connectivity index (χ0n) is 9.15. The van der Waals surface area contributed by atoms with Crippen molar-refractivity contribution >= 4 is 16.8 Å². The number of benzene rings is 2. The molecule has 3 nitrogen and oxygen atoms in total. The maximum Gasteiger partial charge on any atom is 0.230 e. The van der Waals surface area contributed by atoms with Gasteiger partial charge in [0.05, 0.1) is 11.3 Å². The number of nitrogens with zero attached hydrogens (tertiary/aromatic N) is 1. The van der Waals surface area contributed by atoms with Crippen LogP contribution in [0.2, 0.25) is 0 Å². The molecule has 18 heavy (non-hydrogen) atoms. The summed E-state index contributed by atoms with van der Waals surface area (Å²) >= 11 is 0. The van der Waals surface area contributed by atoms with E-state index >= 15 is 0 Å². The summed E-state index contributed by atoms with van der Waals surface area (Å²) in [6, 6.07) is 8.14. The van der Waals surface area contributed by atoms with E-state index in [1.165, 1.54) is 0 Å². The quantitative estimate of drug-likeness (QED) is 0.670. The van der Waals surface area contributed by atoms with Crippen LogP contribution in [0.5, 0.6) is 0 Å². The fourth-order valence-corrected chi connectivity index (χ4v) is 1.75. The Kier molecular flexibility index (Phi) is 2.26. The molecule has 0 aliphatic rings. The lowest BCUT2D eigenvalue weighted by Crippen LogP contribution is -1.87. The first-order valence-corrected chi connectivity index (χ1v) is 5.25. The van der Waals surface area contributed by atoms with Gasteiger partial charge in [0.15, 0.2) is 5.58 Å². The molecular formula is C13H8F2N2O. The molecule has 0 amide bonds. The molecule has 0 radical (unpaired) electrons. The Hall–Kier alpha value is -2.43. The SMILES string of the molecule is Nc1cccc2oc(-c3cc(F)ccc3F)nc12. The highest BCUT2D eigenvalue weighted by atomic mass is 19.1. The van der Waals surface area contributed by atoms with Gasteiger partial charge in [-0.1, -0.05) is 6.07 Å². The van der Waals surface area contributed by atoms with Gasteiger partial charge in [0.25, 0.3) is 0 Å². The third-order valence-electron chi connectivity index (χ3n) is 2.61. The van der Waals surface area contributed by atoms with E-state index < -0.39 is 11.6 Å². The van der Waals surface area contributed by atoms with Crippen molar-refractivity contribution in [3.8, 4) is 11.5 Å². The molecule has 0 atom stereocenters. The monoisotopic (exact) mass is 246 g/mol. The van der Waals surface area contributed by atoms with Crippen LogP contribution in [0.25, 0.3) is 22.6 Å². The Labute approximate surface area is 101 Å². The van der Waals surface area contributed by atoms with Gasteiger partial charge >= 0.3 is 0 Å². The van der Waals surface area contributed by atoms with E-state index in [0.29, 0.717) is 16.8 Å². The molecule has 3 aromatic rings. The minimum Gasteiger partial charge on any atom is -0.436 e. The van der Waals surface area contributed by atoms with Crippen molar-refractivity contribution < 1.29 is 13.2 Å². The highest BCUT2D eigenvalue weighted by Gasteiger charge is 2.14. The predicted octanol–water partition coefficient (Wildman–Crippen LogP) is 3.36. The molecule has 2 aromatic carbocycles. The molecule has 90 valence electrons. The molecule has 0 aliphatic heterocycles. The van der Waals surface area contributed by atoms with Crippen LogP contribution in [0, 0.1) is 11.6 Å². The van der Waals surface area contributed by atoms with Gasteiger partial charge in [-0.15, -0.1) is 0 Å². The first kappa shape index (κ1) is 10.7. The van der Waals surface area contributed by atoms with Gasteiger partial charge < -0.3 is 10.2 Å². The molecule has 2 N–H and O–H groups in total. The molecule has 0 saturated heterocycles. The predicted molar refractivity (Wildman–Crippen MR) is 63.8 cm³/mol. The summed E-state index contributed by atoms with van der Waals surface area (Å²) < 4.78 is 32.1. The molecule has 0 fully saturated rings. The Morgan fingerprint density at radius 2 is 1.94 bits per heavy atom. The second-order valence-electron chi connectivity index (χ2n) is 3.84. The maximum atomic E-state index is 13.6. The van der Waals surface area contributed by atoms with E-state index in [-0.39, 0.29) is 11.5 Å². The summed E-state index contributed by atoms with van der Waals surface area (Å²) in [5.41, 5.74) is 7.01. The molecular weight excluding hydrogens is 238 g/mol. The van der Waals surface area contributed by atoms with Gasteiger partial charge in [-0.05, 0) is 30.3 Å². The molecule has 1 heterocycles. The van der Waals surface area contributed by atoms with Crippen molar-refractivity contribution in [3.63, 3.8) is 0 Å². The van der Waals surface area contributed by atoms with Crippen LogP contribution in [-0.2, 0) is 0 Å². The van der Waals surface area contributed by atoms with E-state index in [4.69, 9.17) is 10.2 Å². The van der Waals surface area contributed by atoms with E-state index in [1.54, 1.807) is 18.2 Å². The number of rotatable bonds is 1. The van der Waals surface area contributed by atoms with Gasteiger partial charge in [-0.3, -0.25) is 0 Å². The molecule has 1 aromatic heterocycles. The summed E-state index contributed by atoms with van der Waals surface area (Å²) in [6.45, 7) is 0. The summed E-state index contributed by atoms with van der Waals surface area (Å²) in [7, 11) is 0. The first-order valence-electron chi connectivity index (χ1n) is 5.25. The Balaban J connectivity index is 2.26. The van der Waals surface area contributed by atoms with Crippen molar-refractivity contribution in [2.24, 2.45) is 0 Å². The summed E-state index contributed by atoms with van der Waals surface area (Å²) in [6.07, 6.45) is 0. The summed E-state index contributed by atoms with van der Waals surface area (Å²) in [4.78, 5) is 4.09. The Bertz CT molecular complexity index is 737. The average Bonchev–Trinajstić information content (AvgIpc) is 2.77. The number of para-hydroxylation sites is 1. The molecule has 0 saturated carbocycles. The zero-order chi connectivity index (χ0) is 12.7. The van der Waals surface area contributed by atoms with E-state index in [2.05, 4.69) is 4.98 Å². The van der Waals surface area contributed by atoms with Crippen LogP contribution >= 0.6 is 0 Å². The van der Waals surface area contributed by atoms with E-state index in [1.807, 2.05) is 0 Å². The number of halogens is 2. The standard InChI is InChI=1S/C13H8F2N2O/c14-7-4-5-9(15)8(6-7)13-17-12-10(16)2-1-3-11(12)18-13/h1-6H,16H2. The number of nitrogen functional groups attached to an aromatic ring is 1. The normalized spacial score (nSPS) is 11.0. The number of hydrogen-bond acceptors (Lipinski definition) is 3. The third-order valence-corrected chi connectivity index (χ3v) is 2.61. The van der Waals surface area contributed by atoms with Crippen molar-refractivity contribution in [1.29, 1.82) is 0 Å². The fourth-order valence-electron chi connectivity index (χ4n) is 1.75. The summed E-state index contributed by atoms with van der Waals surface area (Å²) in [5, 5.41) is 0. The van der Waals surface area contributed by atoms with Crippen LogP contribution < -0.4 is 5.73 Å². The van der Waals surface area contributed by atoms with Crippen LogP contribution in [0.4, 0.5) is 14.5 Å². The second-order valence-corrected chi connectivity index (χ2v) is 3.84. The number of oxazole rings is 1. The van der Waals surface area contributed by atoms with Crippen LogP contribution in [-0.4, -0.2) is 4.98 Å². The van der Waals surface area contributed by atoms with Crippen LogP contribution in [0.1, 0.15) is 0 Å². The van der Waals surface area contributed by atoms with Crippen molar-refractivity contribution in [3.05, 3.63) is 48.0 Å². The number of nitrogens with two attached hydrogens (primary N) is 1. The van der Waals surface area contributed by atoms with Crippen molar-refractivity contribution in [2.45, 2.75) is 0 Å². The topological polar surface area (TPSA) is 52.0 Å². The number of aromatic nitrogens is 1. The molecule has 0 bridgehead atoms. The second kappa shape index (κ2) is 3.80. The lowest BCUT2D eigenvalue weighted by molar-refractivity contribution is 0.580. The Morgan fingerprint density at radius 3 is 2.72 bits per heavy atom. The van der Waals surface area contributed by atoms with E-state index in [0.717, 1.165) is 18.2 Å².